The number of hydrogen-bond donors (Lipinski definition) is 1. The van der Waals surface area contributed by atoms with Crippen LogP contribution in [0.25, 0.3) is 22.3 Å². The van der Waals surface area contributed by atoms with Gasteiger partial charge in [-0.2, -0.15) is 0 Å². The fraction of sp³-hybridized carbons (Fsp3) is 0.188. The number of aromatic amines is 1. The molecule has 1 aromatic carbocycles. The van der Waals surface area contributed by atoms with Crippen molar-refractivity contribution in [2.75, 3.05) is 0 Å². The molecule has 0 spiro atoms. The summed E-state index contributed by atoms with van der Waals surface area (Å²) in [6.45, 7) is 0. The molecule has 1 aliphatic rings. The van der Waals surface area contributed by atoms with Crippen LogP contribution in [-0.2, 0) is 9.84 Å². The molecular formula is C16H13ClN2O2S. The zero-order valence-corrected chi connectivity index (χ0v) is 13.2. The van der Waals surface area contributed by atoms with E-state index in [0.29, 0.717) is 15.4 Å². The Kier molecular flexibility index (Phi) is 3.03. The van der Waals surface area contributed by atoms with Crippen molar-refractivity contribution in [3.05, 3.63) is 47.6 Å². The minimum atomic E-state index is -3.16. The standard InChI is InChI=1S/C16H13ClN2O2S/c17-14-15(19-13-2-1-9-18-16(13)14)10-3-5-11(6-4-10)22(20,21)12-7-8-12/h1-6,9,12,19H,7-8H2. The van der Waals surface area contributed by atoms with Crippen LogP contribution in [0.1, 0.15) is 12.8 Å². The Morgan fingerprint density at radius 3 is 2.50 bits per heavy atom. The van der Waals surface area contributed by atoms with Crippen molar-refractivity contribution in [2.45, 2.75) is 23.0 Å². The lowest BCUT2D eigenvalue weighted by atomic mass is 10.1. The van der Waals surface area contributed by atoms with Gasteiger partial charge in [-0.25, -0.2) is 8.42 Å². The molecule has 22 heavy (non-hydrogen) atoms. The van der Waals surface area contributed by atoms with E-state index in [0.717, 1.165) is 29.6 Å². The number of pyridine rings is 1. The molecule has 0 aliphatic heterocycles. The molecule has 4 nitrogen and oxygen atoms in total. The number of hydrogen-bond acceptors (Lipinski definition) is 3. The molecule has 0 atom stereocenters. The normalized spacial score (nSPS) is 15.3. The third kappa shape index (κ3) is 2.12. The Labute approximate surface area is 133 Å². The van der Waals surface area contributed by atoms with Gasteiger partial charge in [-0.3, -0.25) is 4.98 Å². The fourth-order valence-corrected chi connectivity index (χ4v) is 4.53. The lowest BCUT2D eigenvalue weighted by Gasteiger charge is -2.04. The first kappa shape index (κ1) is 13.8. The lowest BCUT2D eigenvalue weighted by Crippen LogP contribution is -2.06. The van der Waals surface area contributed by atoms with Gasteiger partial charge in [0.25, 0.3) is 0 Å². The van der Waals surface area contributed by atoms with Crippen LogP contribution in [0.4, 0.5) is 0 Å². The summed E-state index contributed by atoms with van der Waals surface area (Å²) in [5.41, 5.74) is 3.18. The van der Waals surface area contributed by atoms with Gasteiger partial charge in [0, 0.05) is 6.20 Å². The molecule has 1 saturated carbocycles. The van der Waals surface area contributed by atoms with E-state index in [4.69, 9.17) is 11.6 Å². The highest BCUT2D eigenvalue weighted by molar-refractivity contribution is 7.92. The average Bonchev–Trinajstić information content (AvgIpc) is 3.34. The molecule has 1 fully saturated rings. The summed E-state index contributed by atoms with van der Waals surface area (Å²) >= 11 is 6.37. The van der Waals surface area contributed by atoms with E-state index in [9.17, 15) is 8.42 Å². The van der Waals surface area contributed by atoms with Gasteiger partial charge in [-0.1, -0.05) is 23.7 Å². The van der Waals surface area contributed by atoms with Crippen molar-refractivity contribution >= 4 is 32.5 Å². The first-order chi connectivity index (χ1) is 10.6. The molecular weight excluding hydrogens is 320 g/mol. The van der Waals surface area contributed by atoms with E-state index in [1.54, 1.807) is 30.5 Å². The van der Waals surface area contributed by atoms with Gasteiger partial charge in [0.2, 0.25) is 0 Å². The molecule has 0 amide bonds. The Balaban J connectivity index is 1.78. The summed E-state index contributed by atoms with van der Waals surface area (Å²) in [6, 6.07) is 10.6. The summed E-state index contributed by atoms with van der Waals surface area (Å²) in [5, 5.41) is 0.354. The monoisotopic (exact) mass is 332 g/mol. The van der Waals surface area contributed by atoms with Gasteiger partial charge >= 0.3 is 0 Å². The van der Waals surface area contributed by atoms with Crippen LogP contribution in [0.3, 0.4) is 0 Å². The Hall–Kier alpha value is -1.85. The molecule has 2 heterocycles. The highest BCUT2D eigenvalue weighted by Crippen LogP contribution is 2.36. The minimum Gasteiger partial charge on any atom is -0.352 e. The van der Waals surface area contributed by atoms with E-state index < -0.39 is 9.84 Å². The highest BCUT2D eigenvalue weighted by atomic mass is 35.5. The smallest absolute Gasteiger partial charge is 0.181 e. The largest absolute Gasteiger partial charge is 0.352 e. The second kappa shape index (κ2) is 4.83. The van der Waals surface area contributed by atoms with Gasteiger partial charge < -0.3 is 4.98 Å². The maximum absolute atomic E-state index is 12.2. The number of nitrogens with one attached hydrogen (secondary N) is 1. The van der Waals surface area contributed by atoms with Crippen LogP contribution < -0.4 is 0 Å². The first-order valence-corrected chi connectivity index (χ1v) is 8.96. The second-order valence-electron chi connectivity index (χ2n) is 5.48. The second-order valence-corrected chi connectivity index (χ2v) is 8.09. The van der Waals surface area contributed by atoms with Crippen LogP contribution in [0, 0.1) is 0 Å². The molecule has 0 saturated heterocycles. The molecule has 0 unspecified atom stereocenters. The van der Waals surface area contributed by atoms with E-state index >= 15 is 0 Å². The Morgan fingerprint density at radius 1 is 1.14 bits per heavy atom. The molecule has 0 bridgehead atoms. The summed E-state index contributed by atoms with van der Waals surface area (Å²) in [6.07, 6.45) is 3.23. The van der Waals surface area contributed by atoms with Crippen LogP contribution in [-0.4, -0.2) is 23.6 Å². The topological polar surface area (TPSA) is 62.8 Å². The average molecular weight is 333 g/mol. The number of benzene rings is 1. The molecule has 112 valence electrons. The van der Waals surface area contributed by atoms with E-state index in [2.05, 4.69) is 9.97 Å². The molecule has 1 N–H and O–H groups in total. The fourth-order valence-electron chi connectivity index (χ4n) is 2.57. The van der Waals surface area contributed by atoms with Crippen LogP contribution in [0.5, 0.6) is 0 Å². The molecule has 1 aliphatic carbocycles. The van der Waals surface area contributed by atoms with Crippen molar-refractivity contribution < 1.29 is 8.42 Å². The number of halogens is 1. The third-order valence-corrected chi connectivity index (χ3v) is 6.58. The number of aromatic nitrogens is 2. The third-order valence-electron chi connectivity index (χ3n) is 3.93. The Morgan fingerprint density at radius 2 is 1.86 bits per heavy atom. The highest BCUT2D eigenvalue weighted by Gasteiger charge is 2.36. The maximum atomic E-state index is 12.2. The molecule has 2 aromatic heterocycles. The summed E-state index contributed by atoms with van der Waals surface area (Å²) < 4.78 is 24.4. The lowest BCUT2D eigenvalue weighted by molar-refractivity contribution is 0.595. The van der Waals surface area contributed by atoms with Crippen LogP contribution in [0.15, 0.2) is 47.5 Å². The maximum Gasteiger partial charge on any atom is 0.181 e. The SMILES string of the molecule is O=S(=O)(c1ccc(-c2[nH]c3cccnc3c2Cl)cc1)C1CC1. The van der Waals surface area contributed by atoms with Gasteiger partial charge in [0.1, 0.15) is 5.52 Å². The van der Waals surface area contributed by atoms with Crippen LogP contribution in [0.2, 0.25) is 5.02 Å². The first-order valence-electron chi connectivity index (χ1n) is 7.04. The predicted octanol–water partition coefficient (Wildman–Crippen LogP) is 3.82. The molecule has 4 rings (SSSR count). The van der Waals surface area contributed by atoms with Crippen molar-refractivity contribution in [1.82, 2.24) is 9.97 Å². The van der Waals surface area contributed by atoms with Crippen LogP contribution >= 0.6 is 11.6 Å². The van der Waals surface area contributed by atoms with Crippen molar-refractivity contribution in [2.24, 2.45) is 0 Å². The van der Waals surface area contributed by atoms with Gasteiger partial charge in [-0.05, 0) is 42.7 Å². The molecule has 3 aromatic rings. The van der Waals surface area contributed by atoms with E-state index in [1.807, 2.05) is 12.1 Å². The van der Waals surface area contributed by atoms with Crippen molar-refractivity contribution in [3.8, 4) is 11.3 Å². The zero-order chi connectivity index (χ0) is 15.3. The summed E-state index contributed by atoms with van der Waals surface area (Å²) in [7, 11) is -3.16. The quantitative estimate of drug-likeness (QED) is 0.793. The summed E-state index contributed by atoms with van der Waals surface area (Å²) in [5.74, 6) is 0. The summed E-state index contributed by atoms with van der Waals surface area (Å²) in [4.78, 5) is 7.86. The van der Waals surface area contributed by atoms with Crippen molar-refractivity contribution in [3.63, 3.8) is 0 Å². The van der Waals surface area contributed by atoms with Crippen molar-refractivity contribution in [1.29, 1.82) is 0 Å². The number of sulfone groups is 1. The Bertz CT molecular complexity index is 957. The number of rotatable bonds is 3. The number of fused-ring (bicyclic) bond motifs is 1. The number of H-pyrrole nitrogens is 1. The van der Waals surface area contributed by atoms with E-state index in [-0.39, 0.29) is 5.25 Å². The van der Waals surface area contributed by atoms with Gasteiger partial charge in [-0.15, -0.1) is 0 Å². The van der Waals surface area contributed by atoms with E-state index in [1.165, 1.54) is 0 Å². The molecule has 6 heteroatoms. The zero-order valence-electron chi connectivity index (χ0n) is 11.6. The minimum absolute atomic E-state index is 0.195. The molecule has 0 radical (unpaired) electrons. The van der Waals surface area contributed by atoms with Gasteiger partial charge in [0.05, 0.1) is 26.4 Å². The van der Waals surface area contributed by atoms with Gasteiger partial charge in [0.15, 0.2) is 9.84 Å². The number of nitrogens with zero attached hydrogens (tertiary/aromatic N) is 1. The predicted molar refractivity (Wildman–Crippen MR) is 86.7 cm³/mol.